The molecule has 1 rings (SSSR count). The molecule has 1 N–H and O–H groups in total. The van der Waals surface area contributed by atoms with Crippen molar-refractivity contribution >= 4 is 5.91 Å². The maximum atomic E-state index is 10.9. The van der Waals surface area contributed by atoms with Gasteiger partial charge in [0.15, 0.2) is 0 Å². The molecule has 0 aromatic rings. The number of hydrogen-bond acceptors (Lipinski definition) is 2. The molecule has 0 bridgehead atoms. The largest absolute Gasteiger partial charge is 0.355 e. The Morgan fingerprint density at radius 3 is 2.36 bits per heavy atom. The van der Waals surface area contributed by atoms with Crippen molar-refractivity contribution in [2.75, 3.05) is 19.6 Å². The SMILES string of the molecule is CC(=O)NCC(C(C)C)N1CCCC1. The minimum Gasteiger partial charge on any atom is -0.355 e. The Kier molecular flexibility index (Phi) is 4.39. The van der Waals surface area contributed by atoms with Crippen LogP contribution >= 0.6 is 0 Å². The van der Waals surface area contributed by atoms with Crippen LogP contribution in [0.4, 0.5) is 0 Å². The lowest BCUT2D eigenvalue weighted by molar-refractivity contribution is -0.119. The molecule has 3 heteroatoms. The number of likely N-dealkylation sites (tertiary alicyclic amines) is 1. The fourth-order valence-electron chi connectivity index (χ4n) is 2.11. The fourth-order valence-corrected chi connectivity index (χ4v) is 2.11. The van der Waals surface area contributed by atoms with E-state index in [4.69, 9.17) is 0 Å². The maximum Gasteiger partial charge on any atom is 0.216 e. The first kappa shape index (κ1) is 11.5. The van der Waals surface area contributed by atoms with Crippen molar-refractivity contribution in [3.8, 4) is 0 Å². The summed E-state index contributed by atoms with van der Waals surface area (Å²) in [4.78, 5) is 13.4. The van der Waals surface area contributed by atoms with E-state index in [1.165, 1.54) is 25.9 Å². The molecule has 0 aliphatic carbocycles. The molecule has 1 heterocycles. The monoisotopic (exact) mass is 198 g/mol. The summed E-state index contributed by atoms with van der Waals surface area (Å²) in [5, 5.41) is 2.92. The van der Waals surface area contributed by atoms with Crippen molar-refractivity contribution in [3.05, 3.63) is 0 Å². The number of carbonyl (C=O) groups excluding carboxylic acids is 1. The van der Waals surface area contributed by atoms with E-state index in [1.54, 1.807) is 6.92 Å². The van der Waals surface area contributed by atoms with Crippen molar-refractivity contribution in [2.24, 2.45) is 5.92 Å². The Bertz CT molecular complexity index is 186. The third-order valence-corrected chi connectivity index (χ3v) is 2.94. The molecule has 1 amide bonds. The highest BCUT2D eigenvalue weighted by Crippen LogP contribution is 2.16. The van der Waals surface area contributed by atoms with Gasteiger partial charge < -0.3 is 5.32 Å². The number of amides is 1. The first-order chi connectivity index (χ1) is 6.61. The van der Waals surface area contributed by atoms with Gasteiger partial charge in [0.25, 0.3) is 0 Å². The summed E-state index contributed by atoms with van der Waals surface area (Å²) in [6.07, 6.45) is 2.62. The molecule has 1 aliphatic rings. The second-order valence-electron chi connectivity index (χ2n) is 4.49. The van der Waals surface area contributed by atoms with E-state index in [9.17, 15) is 4.79 Å². The van der Waals surface area contributed by atoms with Gasteiger partial charge in [-0.05, 0) is 31.8 Å². The van der Waals surface area contributed by atoms with Gasteiger partial charge in [0.1, 0.15) is 0 Å². The third-order valence-electron chi connectivity index (χ3n) is 2.94. The minimum absolute atomic E-state index is 0.0786. The van der Waals surface area contributed by atoms with Gasteiger partial charge in [0.2, 0.25) is 5.91 Å². The number of rotatable bonds is 4. The van der Waals surface area contributed by atoms with Gasteiger partial charge in [-0.2, -0.15) is 0 Å². The summed E-state index contributed by atoms with van der Waals surface area (Å²) in [5.41, 5.74) is 0. The quantitative estimate of drug-likeness (QED) is 0.737. The molecule has 0 radical (unpaired) electrons. The Labute approximate surface area is 86.9 Å². The van der Waals surface area contributed by atoms with Gasteiger partial charge in [-0.25, -0.2) is 0 Å². The summed E-state index contributed by atoms with van der Waals surface area (Å²) in [6.45, 7) is 9.23. The van der Waals surface area contributed by atoms with Gasteiger partial charge in [-0.1, -0.05) is 13.8 Å². The summed E-state index contributed by atoms with van der Waals surface area (Å²) in [7, 11) is 0. The first-order valence-electron chi connectivity index (χ1n) is 5.59. The Morgan fingerprint density at radius 1 is 1.36 bits per heavy atom. The lowest BCUT2D eigenvalue weighted by atomic mass is 10.0. The second kappa shape index (κ2) is 5.35. The average Bonchev–Trinajstić information content (AvgIpc) is 2.56. The molecule has 1 aliphatic heterocycles. The molecular formula is C11H22N2O. The zero-order valence-electron chi connectivity index (χ0n) is 9.55. The van der Waals surface area contributed by atoms with E-state index < -0.39 is 0 Å². The van der Waals surface area contributed by atoms with E-state index in [1.807, 2.05) is 0 Å². The minimum atomic E-state index is 0.0786. The molecule has 0 aromatic heterocycles. The van der Waals surface area contributed by atoms with Crippen molar-refractivity contribution in [3.63, 3.8) is 0 Å². The lowest BCUT2D eigenvalue weighted by Gasteiger charge is -2.30. The molecule has 0 aromatic carbocycles. The van der Waals surface area contributed by atoms with Gasteiger partial charge in [-0.15, -0.1) is 0 Å². The highest BCUT2D eigenvalue weighted by molar-refractivity contribution is 5.72. The van der Waals surface area contributed by atoms with Crippen LogP contribution in [0, 0.1) is 5.92 Å². The Balaban J connectivity index is 2.41. The van der Waals surface area contributed by atoms with Crippen LogP contribution in [0.25, 0.3) is 0 Å². The molecule has 3 nitrogen and oxygen atoms in total. The molecule has 14 heavy (non-hydrogen) atoms. The average molecular weight is 198 g/mol. The van der Waals surface area contributed by atoms with E-state index in [0.717, 1.165) is 6.54 Å². The predicted molar refractivity (Wildman–Crippen MR) is 58.1 cm³/mol. The third kappa shape index (κ3) is 3.29. The van der Waals surface area contributed by atoms with Crippen LogP contribution in [-0.4, -0.2) is 36.5 Å². The maximum absolute atomic E-state index is 10.9. The molecule has 0 spiro atoms. The summed E-state index contributed by atoms with van der Waals surface area (Å²) >= 11 is 0. The Hall–Kier alpha value is -0.570. The highest BCUT2D eigenvalue weighted by atomic mass is 16.1. The molecular weight excluding hydrogens is 176 g/mol. The van der Waals surface area contributed by atoms with E-state index in [-0.39, 0.29) is 5.91 Å². The molecule has 1 atom stereocenters. The highest BCUT2D eigenvalue weighted by Gasteiger charge is 2.24. The van der Waals surface area contributed by atoms with Crippen molar-refractivity contribution in [2.45, 2.75) is 39.7 Å². The number of carbonyl (C=O) groups is 1. The summed E-state index contributed by atoms with van der Waals surface area (Å²) < 4.78 is 0. The second-order valence-corrected chi connectivity index (χ2v) is 4.49. The van der Waals surface area contributed by atoms with Gasteiger partial charge in [0, 0.05) is 19.5 Å². The predicted octanol–water partition coefficient (Wildman–Crippen LogP) is 1.24. The zero-order chi connectivity index (χ0) is 10.6. The van der Waals surface area contributed by atoms with E-state index in [0.29, 0.717) is 12.0 Å². The van der Waals surface area contributed by atoms with Gasteiger partial charge in [0.05, 0.1) is 0 Å². The molecule has 1 fully saturated rings. The molecule has 1 unspecified atom stereocenters. The fraction of sp³-hybridized carbons (Fsp3) is 0.909. The van der Waals surface area contributed by atoms with Gasteiger partial charge >= 0.3 is 0 Å². The van der Waals surface area contributed by atoms with Crippen molar-refractivity contribution in [1.82, 2.24) is 10.2 Å². The van der Waals surface area contributed by atoms with Crippen LogP contribution in [0.1, 0.15) is 33.6 Å². The standard InChI is InChI=1S/C11H22N2O/c1-9(2)11(8-12-10(3)14)13-6-4-5-7-13/h9,11H,4-8H2,1-3H3,(H,12,14). The van der Waals surface area contributed by atoms with Gasteiger partial charge in [-0.3, -0.25) is 9.69 Å². The normalized spacial score (nSPS) is 20.0. The van der Waals surface area contributed by atoms with Crippen LogP contribution in [0.5, 0.6) is 0 Å². The zero-order valence-corrected chi connectivity index (χ0v) is 9.55. The van der Waals surface area contributed by atoms with Crippen LogP contribution in [0.3, 0.4) is 0 Å². The number of nitrogens with zero attached hydrogens (tertiary/aromatic N) is 1. The molecule has 82 valence electrons. The summed E-state index contributed by atoms with van der Waals surface area (Å²) in [6, 6.07) is 0.515. The molecule has 1 saturated heterocycles. The Morgan fingerprint density at radius 2 is 1.93 bits per heavy atom. The number of hydrogen-bond donors (Lipinski definition) is 1. The van der Waals surface area contributed by atoms with Crippen LogP contribution in [0.2, 0.25) is 0 Å². The van der Waals surface area contributed by atoms with Crippen molar-refractivity contribution in [1.29, 1.82) is 0 Å². The van der Waals surface area contributed by atoms with Crippen LogP contribution in [0.15, 0.2) is 0 Å². The number of nitrogens with one attached hydrogen (secondary N) is 1. The van der Waals surface area contributed by atoms with Crippen LogP contribution in [-0.2, 0) is 4.79 Å². The molecule has 0 saturated carbocycles. The smallest absolute Gasteiger partial charge is 0.216 e. The van der Waals surface area contributed by atoms with Crippen LogP contribution < -0.4 is 5.32 Å². The first-order valence-corrected chi connectivity index (χ1v) is 5.59. The lowest BCUT2D eigenvalue weighted by Crippen LogP contribution is -2.45. The topological polar surface area (TPSA) is 32.3 Å². The van der Waals surface area contributed by atoms with E-state index >= 15 is 0 Å². The summed E-state index contributed by atoms with van der Waals surface area (Å²) in [5.74, 6) is 0.690. The van der Waals surface area contributed by atoms with Crippen molar-refractivity contribution < 1.29 is 4.79 Å². The van der Waals surface area contributed by atoms with E-state index in [2.05, 4.69) is 24.1 Å².